The first-order chi connectivity index (χ1) is 9.33. The number of piperidine rings is 1. The summed E-state index contributed by atoms with van der Waals surface area (Å²) in [5.41, 5.74) is 1.08. The number of aliphatic hydroxyl groups is 1. The van der Waals surface area contributed by atoms with Gasteiger partial charge in [0.15, 0.2) is 0 Å². The molecule has 1 saturated heterocycles. The number of rotatable bonds is 2. The van der Waals surface area contributed by atoms with Gasteiger partial charge in [0, 0.05) is 12.8 Å². The average Bonchev–Trinajstić information content (AvgIpc) is 2.46. The van der Waals surface area contributed by atoms with Gasteiger partial charge in [-0.15, -0.1) is 0 Å². The highest BCUT2D eigenvalue weighted by molar-refractivity contribution is 5.90. The van der Waals surface area contributed by atoms with E-state index in [0.717, 1.165) is 25.1 Å². The molecule has 98 valence electrons. The van der Waals surface area contributed by atoms with Gasteiger partial charge in [-0.05, 0) is 35.4 Å². The minimum Gasteiger partial charge on any atom is -0.391 e. The maximum Gasteiger partial charge on any atom is 0.0883 e. The first kappa shape index (κ1) is 12.3. The number of fused-ring (bicyclic) bond motifs is 1. The minimum atomic E-state index is -0.321. The van der Waals surface area contributed by atoms with Gasteiger partial charge in [0.25, 0.3) is 0 Å². The number of aliphatic hydroxyl groups excluding tert-OH is 1. The van der Waals surface area contributed by atoms with Crippen molar-refractivity contribution in [3.05, 3.63) is 48.0 Å². The lowest BCUT2D eigenvalue weighted by molar-refractivity contribution is 0.117. The number of aliphatic imine (C=N–C) groups is 1. The second-order valence-electron chi connectivity index (χ2n) is 5.01. The minimum absolute atomic E-state index is 0.0276. The molecule has 1 aliphatic rings. The van der Waals surface area contributed by atoms with Crippen molar-refractivity contribution in [1.29, 1.82) is 0 Å². The Hall–Kier alpha value is -1.71. The van der Waals surface area contributed by atoms with E-state index >= 15 is 0 Å². The topological polar surface area (TPSA) is 44.6 Å². The quantitative estimate of drug-likeness (QED) is 0.805. The van der Waals surface area contributed by atoms with Gasteiger partial charge in [0.2, 0.25) is 0 Å². The molecule has 0 amide bonds. The Morgan fingerprint density at radius 1 is 1.16 bits per heavy atom. The van der Waals surface area contributed by atoms with Crippen molar-refractivity contribution in [2.24, 2.45) is 4.99 Å². The van der Waals surface area contributed by atoms with E-state index in [9.17, 15) is 5.11 Å². The lowest BCUT2D eigenvalue weighted by Gasteiger charge is -2.24. The number of nitrogens with zero attached hydrogens (tertiary/aromatic N) is 1. The van der Waals surface area contributed by atoms with Crippen LogP contribution in [0.4, 0.5) is 0 Å². The average molecular weight is 254 g/mol. The molecule has 0 radical (unpaired) electrons. The molecule has 0 spiro atoms. The molecule has 2 N–H and O–H groups in total. The predicted molar refractivity (Wildman–Crippen MR) is 78.8 cm³/mol. The molecule has 2 aromatic carbocycles. The van der Waals surface area contributed by atoms with Crippen molar-refractivity contribution >= 4 is 17.0 Å². The standard InChI is InChI=1S/C16H18N2O/c19-16-7-8-17-11-15(16)18-10-12-5-6-13-3-1-2-4-14(13)9-12/h1-6,9-10,15-17,19H,7-8,11H2. The van der Waals surface area contributed by atoms with Crippen molar-refractivity contribution < 1.29 is 5.11 Å². The molecule has 1 fully saturated rings. The molecule has 0 aliphatic carbocycles. The van der Waals surface area contributed by atoms with Crippen molar-refractivity contribution in [1.82, 2.24) is 5.32 Å². The van der Waals surface area contributed by atoms with Gasteiger partial charge in [0.1, 0.15) is 0 Å². The molecule has 1 aliphatic heterocycles. The molecule has 3 nitrogen and oxygen atoms in total. The third-order valence-electron chi connectivity index (χ3n) is 3.60. The summed E-state index contributed by atoms with van der Waals surface area (Å²) in [6, 6.07) is 14.6. The summed E-state index contributed by atoms with van der Waals surface area (Å²) in [4.78, 5) is 4.50. The summed E-state index contributed by atoms with van der Waals surface area (Å²) < 4.78 is 0. The van der Waals surface area contributed by atoms with Crippen LogP contribution in [0.1, 0.15) is 12.0 Å². The molecule has 0 saturated carbocycles. The van der Waals surface area contributed by atoms with Crippen LogP contribution in [-0.4, -0.2) is 36.6 Å². The number of nitrogens with one attached hydrogen (secondary N) is 1. The Kier molecular flexibility index (Phi) is 3.58. The Bertz CT molecular complexity index is 594. The van der Waals surface area contributed by atoms with E-state index in [1.54, 1.807) is 0 Å². The van der Waals surface area contributed by atoms with Gasteiger partial charge < -0.3 is 10.4 Å². The van der Waals surface area contributed by atoms with Crippen molar-refractivity contribution in [3.63, 3.8) is 0 Å². The summed E-state index contributed by atoms with van der Waals surface area (Å²) in [5.74, 6) is 0. The Morgan fingerprint density at radius 3 is 2.84 bits per heavy atom. The number of hydrogen-bond donors (Lipinski definition) is 2. The van der Waals surface area contributed by atoms with Gasteiger partial charge in [-0.3, -0.25) is 4.99 Å². The normalized spacial score (nSPS) is 24.1. The van der Waals surface area contributed by atoms with Crippen molar-refractivity contribution in [2.45, 2.75) is 18.6 Å². The zero-order valence-corrected chi connectivity index (χ0v) is 10.8. The Labute approximate surface area is 113 Å². The first-order valence-electron chi connectivity index (χ1n) is 6.74. The molecule has 0 bridgehead atoms. The van der Waals surface area contributed by atoms with E-state index < -0.39 is 0 Å². The summed E-state index contributed by atoms with van der Waals surface area (Å²) >= 11 is 0. The van der Waals surface area contributed by atoms with E-state index in [4.69, 9.17) is 0 Å². The van der Waals surface area contributed by atoms with Crippen LogP contribution in [0.25, 0.3) is 10.8 Å². The zero-order valence-electron chi connectivity index (χ0n) is 10.8. The molecule has 1 heterocycles. The zero-order chi connectivity index (χ0) is 13.1. The maximum absolute atomic E-state index is 9.86. The van der Waals surface area contributed by atoms with Gasteiger partial charge in [-0.2, -0.15) is 0 Å². The number of benzene rings is 2. The van der Waals surface area contributed by atoms with Gasteiger partial charge in [-0.25, -0.2) is 0 Å². The van der Waals surface area contributed by atoms with E-state index in [1.807, 2.05) is 18.3 Å². The van der Waals surface area contributed by atoms with Crippen LogP contribution in [-0.2, 0) is 0 Å². The van der Waals surface area contributed by atoms with Crippen molar-refractivity contribution in [3.8, 4) is 0 Å². The van der Waals surface area contributed by atoms with Crippen LogP contribution in [0.5, 0.6) is 0 Å². The summed E-state index contributed by atoms with van der Waals surface area (Å²) in [6.07, 6.45) is 2.32. The van der Waals surface area contributed by atoms with Crippen LogP contribution >= 0.6 is 0 Å². The highest BCUT2D eigenvalue weighted by Crippen LogP contribution is 2.15. The largest absolute Gasteiger partial charge is 0.391 e. The van der Waals surface area contributed by atoms with Crippen LogP contribution < -0.4 is 5.32 Å². The van der Waals surface area contributed by atoms with Crippen LogP contribution in [0.3, 0.4) is 0 Å². The molecule has 2 aromatic rings. The van der Waals surface area contributed by atoms with Gasteiger partial charge in [0.05, 0.1) is 12.1 Å². The molecular weight excluding hydrogens is 236 g/mol. The van der Waals surface area contributed by atoms with Gasteiger partial charge >= 0.3 is 0 Å². The fourth-order valence-electron chi connectivity index (χ4n) is 2.45. The number of hydrogen-bond acceptors (Lipinski definition) is 3. The molecule has 2 unspecified atom stereocenters. The van der Waals surface area contributed by atoms with Crippen molar-refractivity contribution in [2.75, 3.05) is 13.1 Å². The highest BCUT2D eigenvalue weighted by atomic mass is 16.3. The Morgan fingerprint density at radius 2 is 2.00 bits per heavy atom. The van der Waals surface area contributed by atoms with Crippen LogP contribution in [0.2, 0.25) is 0 Å². The second-order valence-corrected chi connectivity index (χ2v) is 5.01. The van der Waals surface area contributed by atoms with Gasteiger partial charge in [-0.1, -0.05) is 36.4 Å². The van der Waals surface area contributed by atoms with Crippen LogP contribution in [0, 0.1) is 0 Å². The summed E-state index contributed by atoms with van der Waals surface area (Å²) in [6.45, 7) is 1.63. The molecule has 2 atom stereocenters. The molecule has 3 heteroatoms. The fourth-order valence-corrected chi connectivity index (χ4v) is 2.45. The maximum atomic E-state index is 9.86. The van der Waals surface area contributed by atoms with E-state index in [-0.39, 0.29) is 12.1 Å². The molecule has 0 aromatic heterocycles. The lowest BCUT2D eigenvalue weighted by Crippen LogP contribution is -2.42. The van der Waals surface area contributed by atoms with E-state index in [0.29, 0.717) is 0 Å². The monoisotopic (exact) mass is 254 g/mol. The molecular formula is C16H18N2O. The second kappa shape index (κ2) is 5.51. The first-order valence-corrected chi connectivity index (χ1v) is 6.74. The summed E-state index contributed by atoms with van der Waals surface area (Å²) in [7, 11) is 0. The highest BCUT2D eigenvalue weighted by Gasteiger charge is 2.20. The SMILES string of the molecule is OC1CCNCC1N=Cc1ccc2ccccc2c1. The third kappa shape index (κ3) is 2.83. The smallest absolute Gasteiger partial charge is 0.0883 e. The fraction of sp³-hybridized carbons (Fsp3) is 0.312. The lowest BCUT2D eigenvalue weighted by atomic mass is 10.0. The van der Waals surface area contributed by atoms with Crippen LogP contribution in [0.15, 0.2) is 47.5 Å². The predicted octanol–water partition coefficient (Wildman–Crippen LogP) is 1.98. The third-order valence-corrected chi connectivity index (χ3v) is 3.60. The summed E-state index contributed by atoms with van der Waals surface area (Å²) in [5, 5.41) is 15.6. The Balaban J connectivity index is 1.80. The molecule has 19 heavy (non-hydrogen) atoms. The van der Waals surface area contributed by atoms with E-state index in [1.165, 1.54) is 10.8 Å². The molecule has 3 rings (SSSR count). The van der Waals surface area contributed by atoms with E-state index in [2.05, 4.69) is 40.6 Å².